The number of hydrogen-bond donors (Lipinski definition) is 0. The number of halogens is 4. The molecule has 23 heavy (non-hydrogen) atoms. The van der Waals surface area contributed by atoms with Gasteiger partial charge in [0.1, 0.15) is 5.82 Å². The smallest absolute Gasteiger partial charge is 0.378 e. The molecule has 0 spiro atoms. The van der Waals surface area contributed by atoms with E-state index >= 15 is 0 Å². The number of amides is 1. The number of pyridine rings is 1. The average Bonchev–Trinajstić information content (AvgIpc) is 2.47. The highest BCUT2D eigenvalue weighted by molar-refractivity contribution is 9.10. The van der Waals surface area contributed by atoms with Crippen LogP contribution in [0.2, 0.25) is 0 Å². The molecule has 126 valence electrons. The van der Waals surface area contributed by atoms with Gasteiger partial charge in [-0.1, -0.05) is 0 Å². The van der Waals surface area contributed by atoms with Crippen LogP contribution in [-0.2, 0) is 15.7 Å². The normalized spacial score (nSPS) is 19.7. The predicted octanol–water partition coefficient (Wildman–Crippen LogP) is 2.16. The number of anilines is 1. The van der Waals surface area contributed by atoms with Crippen LogP contribution in [0.15, 0.2) is 16.7 Å². The van der Waals surface area contributed by atoms with E-state index in [4.69, 9.17) is 4.74 Å². The lowest BCUT2D eigenvalue weighted by Crippen LogP contribution is -2.56. The van der Waals surface area contributed by atoms with Crippen LogP contribution in [0.4, 0.5) is 19.0 Å². The van der Waals surface area contributed by atoms with E-state index in [1.807, 2.05) is 0 Å². The van der Waals surface area contributed by atoms with Crippen molar-refractivity contribution in [2.24, 2.45) is 5.92 Å². The van der Waals surface area contributed by atoms with E-state index in [0.29, 0.717) is 26.3 Å². The van der Waals surface area contributed by atoms with Crippen LogP contribution in [0.1, 0.15) is 5.56 Å². The summed E-state index contributed by atoms with van der Waals surface area (Å²) < 4.78 is 44.8. The molecular formula is C14H15BrF3N3O2. The second kappa shape index (κ2) is 6.27. The van der Waals surface area contributed by atoms with Crippen LogP contribution >= 0.6 is 15.9 Å². The number of carbonyl (C=O) groups is 1. The topological polar surface area (TPSA) is 45.7 Å². The Kier molecular flexibility index (Phi) is 4.50. The molecule has 2 fully saturated rings. The molecule has 2 aliphatic heterocycles. The monoisotopic (exact) mass is 393 g/mol. The Bertz CT molecular complexity index is 599. The number of nitrogens with zero attached hydrogens (tertiary/aromatic N) is 3. The van der Waals surface area contributed by atoms with Gasteiger partial charge >= 0.3 is 6.18 Å². The lowest BCUT2D eigenvalue weighted by molar-refractivity contribution is -0.140. The number of aromatic nitrogens is 1. The number of hydrogen-bond acceptors (Lipinski definition) is 4. The van der Waals surface area contributed by atoms with E-state index in [0.717, 1.165) is 6.07 Å². The third kappa shape index (κ3) is 3.45. The summed E-state index contributed by atoms with van der Waals surface area (Å²) in [6, 6.07) is 1.01. The van der Waals surface area contributed by atoms with Crippen molar-refractivity contribution in [3.05, 3.63) is 22.3 Å². The molecule has 0 N–H and O–H groups in total. The molecule has 1 aromatic rings. The number of ether oxygens (including phenoxy) is 1. The molecule has 0 aromatic carbocycles. The summed E-state index contributed by atoms with van der Waals surface area (Å²) in [6.07, 6.45) is -3.15. The van der Waals surface area contributed by atoms with Crippen LogP contribution in [0.25, 0.3) is 0 Å². The molecule has 0 atom stereocenters. The molecular weight excluding hydrogens is 379 g/mol. The van der Waals surface area contributed by atoms with Crippen molar-refractivity contribution in [2.45, 2.75) is 6.18 Å². The van der Waals surface area contributed by atoms with Gasteiger partial charge in [-0.15, -0.1) is 0 Å². The number of carbonyl (C=O) groups excluding carboxylic acids is 1. The zero-order valence-corrected chi connectivity index (χ0v) is 13.7. The Morgan fingerprint density at radius 2 is 1.96 bits per heavy atom. The first-order valence-corrected chi connectivity index (χ1v) is 8.00. The van der Waals surface area contributed by atoms with Crippen molar-refractivity contribution >= 4 is 27.7 Å². The molecule has 3 rings (SSSR count). The summed E-state index contributed by atoms with van der Waals surface area (Å²) in [7, 11) is 0. The van der Waals surface area contributed by atoms with Crippen molar-refractivity contribution in [2.75, 3.05) is 44.3 Å². The molecule has 3 heterocycles. The van der Waals surface area contributed by atoms with Gasteiger partial charge in [-0.3, -0.25) is 4.79 Å². The first kappa shape index (κ1) is 16.5. The maximum atomic E-state index is 13.1. The minimum Gasteiger partial charge on any atom is -0.378 e. The molecule has 1 amide bonds. The molecule has 9 heteroatoms. The van der Waals surface area contributed by atoms with Gasteiger partial charge in [0.05, 0.1) is 24.7 Å². The Balaban J connectivity index is 1.68. The van der Waals surface area contributed by atoms with Gasteiger partial charge in [0.15, 0.2) is 0 Å². The maximum Gasteiger partial charge on any atom is 0.419 e. The highest BCUT2D eigenvalue weighted by Crippen LogP contribution is 2.39. The van der Waals surface area contributed by atoms with Crippen molar-refractivity contribution in [1.29, 1.82) is 0 Å². The van der Waals surface area contributed by atoms with Crippen molar-refractivity contribution < 1.29 is 22.7 Å². The number of morpholine rings is 1. The zero-order valence-electron chi connectivity index (χ0n) is 12.1. The second-order valence-electron chi connectivity index (χ2n) is 5.56. The van der Waals surface area contributed by atoms with Crippen LogP contribution in [0.5, 0.6) is 0 Å². The summed E-state index contributed by atoms with van der Waals surface area (Å²) in [5.41, 5.74) is -0.788. The van der Waals surface area contributed by atoms with E-state index in [9.17, 15) is 18.0 Å². The summed E-state index contributed by atoms with van der Waals surface area (Å²) in [6.45, 7) is 2.62. The fraction of sp³-hybridized carbons (Fsp3) is 0.571. The van der Waals surface area contributed by atoms with Gasteiger partial charge in [0.25, 0.3) is 0 Å². The Hall–Kier alpha value is -1.35. The quantitative estimate of drug-likeness (QED) is 0.772. The third-order valence-electron chi connectivity index (χ3n) is 3.99. The van der Waals surface area contributed by atoms with Gasteiger partial charge in [0, 0.05) is 36.8 Å². The zero-order chi connectivity index (χ0) is 16.6. The molecule has 0 aliphatic carbocycles. The molecule has 2 aliphatic rings. The SMILES string of the molecule is O=C(C1CN(c2ncc(Br)cc2C(F)(F)F)C1)N1CCOCC1. The maximum absolute atomic E-state index is 13.1. The Morgan fingerprint density at radius 3 is 2.57 bits per heavy atom. The lowest BCUT2D eigenvalue weighted by atomic mass is 9.97. The highest BCUT2D eigenvalue weighted by Gasteiger charge is 2.42. The molecule has 0 saturated carbocycles. The summed E-state index contributed by atoms with van der Waals surface area (Å²) in [5.74, 6) is -0.415. The molecule has 0 unspecified atom stereocenters. The largest absolute Gasteiger partial charge is 0.419 e. The molecule has 1 aromatic heterocycles. The van der Waals surface area contributed by atoms with Crippen LogP contribution < -0.4 is 4.90 Å². The first-order valence-electron chi connectivity index (χ1n) is 7.20. The molecule has 2 saturated heterocycles. The average molecular weight is 394 g/mol. The number of rotatable bonds is 2. The Morgan fingerprint density at radius 1 is 1.30 bits per heavy atom. The summed E-state index contributed by atoms with van der Waals surface area (Å²) in [4.78, 5) is 19.4. The minimum absolute atomic E-state index is 0.0183. The van der Waals surface area contributed by atoms with Crippen molar-refractivity contribution in [1.82, 2.24) is 9.88 Å². The van der Waals surface area contributed by atoms with Crippen LogP contribution in [0, 0.1) is 5.92 Å². The summed E-state index contributed by atoms with van der Waals surface area (Å²) >= 11 is 3.01. The third-order valence-corrected chi connectivity index (χ3v) is 4.43. The van der Waals surface area contributed by atoms with Crippen molar-refractivity contribution in [3.63, 3.8) is 0 Å². The molecule has 0 bridgehead atoms. The van der Waals surface area contributed by atoms with Gasteiger partial charge in [-0.2, -0.15) is 13.2 Å². The van der Waals surface area contributed by atoms with Crippen molar-refractivity contribution in [3.8, 4) is 0 Å². The predicted molar refractivity (Wildman–Crippen MR) is 80.0 cm³/mol. The Labute approximate surface area is 139 Å². The van der Waals surface area contributed by atoms with Crippen LogP contribution in [-0.4, -0.2) is 55.2 Å². The van der Waals surface area contributed by atoms with E-state index in [1.54, 1.807) is 4.90 Å². The van der Waals surface area contributed by atoms with Gasteiger partial charge in [-0.25, -0.2) is 4.98 Å². The fourth-order valence-corrected chi connectivity index (χ4v) is 3.07. The van der Waals surface area contributed by atoms with E-state index in [2.05, 4.69) is 20.9 Å². The van der Waals surface area contributed by atoms with Gasteiger partial charge in [-0.05, 0) is 22.0 Å². The lowest BCUT2D eigenvalue weighted by Gasteiger charge is -2.42. The highest BCUT2D eigenvalue weighted by atomic mass is 79.9. The second-order valence-corrected chi connectivity index (χ2v) is 6.48. The standard InChI is InChI=1S/C14H15BrF3N3O2/c15-10-5-11(14(16,17)18)12(19-6-10)21-7-9(8-21)13(22)20-1-3-23-4-2-20/h5-6,9H,1-4,7-8H2. The van der Waals surface area contributed by atoms with E-state index in [-0.39, 0.29) is 35.2 Å². The molecule has 5 nitrogen and oxygen atoms in total. The molecule has 0 radical (unpaired) electrons. The summed E-state index contributed by atoms with van der Waals surface area (Å²) in [5, 5.41) is 0. The van der Waals surface area contributed by atoms with Crippen LogP contribution in [0.3, 0.4) is 0 Å². The van der Waals surface area contributed by atoms with E-state index < -0.39 is 11.7 Å². The number of alkyl halides is 3. The first-order chi connectivity index (χ1) is 10.9. The van der Waals surface area contributed by atoms with Gasteiger partial charge in [0.2, 0.25) is 5.91 Å². The van der Waals surface area contributed by atoms with Gasteiger partial charge < -0.3 is 14.5 Å². The minimum atomic E-state index is -4.48. The fourth-order valence-electron chi connectivity index (χ4n) is 2.74. The van der Waals surface area contributed by atoms with E-state index in [1.165, 1.54) is 11.1 Å².